The van der Waals surface area contributed by atoms with Crippen molar-refractivity contribution in [3.8, 4) is 5.75 Å². The second-order valence-corrected chi connectivity index (χ2v) is 4.77. The Morgan fingerprint density at radius 2 is 1.50 bits per heavy atom. The van der Waals surface area contributed by atoms with Crippen LogP contribution >= 0.6 is 0 Å². The summed E-state index contributed by atoms with van der Waals surface area (Å²) >= 11 is 0. The van der Waals surface area contributed by atoms with Gasteiger partial charge in [0.15, 0.2) is 0 Å². The standard InChI is InChI=1S/C17H20N2O3/c1-22-16-9-5-4-7-14(16)11-19-17(21)18-10-13-6-2-3-8-15(13)12-20/h2-9,20H,10-12H2,1H3,(H2,18,19,21). The predicted octanol–water partition coefficient (Wildman–Crippen LogP) is 2.19. The van der Waals surface area contributed by atoms with Crippen molar-refractivity contribution in [3.63, 3.8) is 0 Å². The van der Waals surface area contributed by atoms with Crippen molar-refractivity contribution in [1.82, 2.24) is 10.6 Å². The molecule has 116 valence electrons. The van der Waals surface area contributed by atoms with Crippen LogP contribution in [0.15, 0.2) is 48.5 Å². The molecule has 5 heteroatoms. The molecule has 2 aromatic carbocycles. The van der Waals surface area contributed by atoms with Crippen molar-refractivity contribution in [2.75, 3.05) is 7.11 Å². The van der Waals surface area contributed by atoms with E-state index in [0.29, 0.717) is 13.1 Å². The van der Waals surface area contributed by atoms with Gasteiger partial charge in [-0.25, -0.2) is 4.79 Å². The van der Waals surface area contributed by atoms with E-state index < -0.39 is 0 Å². The Balaban J connectivity index is 1.86. The zero-order valence-corrected chi connectivity index (χ0v) is 12.5. The normalized spacial score (nSPS) is 10.1. The van der Waals surface area contributed by atoms with Crippen LogP contribution in [-0.4, -0.2) is 18.2 Å². The van der Waals surface area contributed by atoms with Gasteiger partial charge in [-0.1, -0.05) is 42.5 Å². The second kappa shape index (κ2) is 8.05. The fourth-order valence-electron chi connectivity index (χ4n) is 2.15. The van der Waals surface area contributed by atoms with Crippen molar-refractivity contribution < 1.29 is 14.6 Å². The van der Waals surface area contributed by atoms with Crippen molar-refractivity contribution in [3.05, 3.63) is 65.2 Å². The predicted molar refractivity (Wildman–Crippen MR) is 84.4 cm³/mol. The highest BCUT2D eigenvalue weighted by atomic mass is 16.5. The number of urea groups is 1. The number of nitrogens with one attached hydrogen (secondary N) is 2. The molecular formula is C17H20N2O3. The number of methoxy groups -OCH3 is 1. The first kappa shape index (κ1) is 15.9. The summed E-state index contributed by atoms with van der Waals surface area (Å²) in [5, 5.41) is 14.8. The first-order chi connectivity index (χ1) is 10.7. The van der Waals surface area contributed by atoms with E-state index in [1.165, 1.54) is 0 Å². The van der Waals surface area contributed by atoms with Gasteiger partial charge in [0.05, 0.1) is 13.7 Å². The highest BCUT2D eigenvalue weighted by Gasteiger charge is 2.06. The molecule has 0 heterocycles. The molecule has 0 bridgehead atoms. The molecule has 0 unspecified atom stereocenters. The maximum atomic E-state index is 11.9. The van der Waals surface area contributed by atoms with Crippen LogP contribution in [-0.2, 0) is 19.7 Å². The number of carbonyl (C=O) groups excluding carboxylic acids is 1. The number of benzene rings is 2. The molecule has 0 aromatic heterocycles. The lowest BCUT2D eigenvalue weighted by Gasteiger charge is -2.11. The Morgan fingerprint density at radius 1 is 0.955 bits per heavy atom. The van der Waals surface area contributed by atoms with Crippen LogP contribution in [0.4, 0.5) is 4.79 Å². The first-order valence-electron chi connectivity index (χ1n) is 7.06. The molecule has 0 radical (unpaired) electrons. The zero-order chi connectivity index (χ0) is 15.8. The van der Waals surface area contributed by atoms with E-state index in [1.54, 1.807) is 7.11 Å². The fourth-order valence-corrected chi connectivity index (χ4v) is 2.15. The third-order valence-corrected chi connectivity index (χ3v) is 3.36. The summed E-state index contributed by atoms with van der Waals surface area (Å²) in [6.07, 6.45) is 0. The maximum Gasteiger partial charge on any atom is 0.315 e. The molecule has 0 saturated heterocycles. The third kappa shape index (κ3) is 4.23. The lowest BCUT2D eigenvalue weighted by atomic mass is 10.1. The fraction of sp³-hybridized carbons (Fsp3) is 0.235. The summed E-state index contributed by atoms with van der Waals surface area (Å²) < 4.78 is 5.24. The second-order valence-electron chi connectivity index (χ2n) is 4.77. The Labute approximate surface area is 129 Å². The van der Waals surface area contributed by atoms with Gasteiger partial charge in [-0.2, -0.15) is 0 Å². The number of rotatable bonds is 6. The minimum Gasteiger partial charge on any atom is -0.496 e. The average Bonchev–Trinajstić information content (AvgIpc) is 2.58. The first-order valence-corrected chi connectivity index (χ1v) is 7.06. The van der Waals surface area contributed by atoms with Crippen molar-refractivity contribution in [1.29, 1.82) is 0 Å². The number of aliphatic hydroxyl groups excluding tert-OH is 1. The number of para-hydroxylation sites is 1. The Hall–Kier alpha value is -2.53. The van der Waals surface area contributed by atoms with Gasteiger partial charge in [0.25, 0.3) is 0 Å². The van der Waals surface area contributed by atoms with Gasteiger partial charge in [0.2, 0.25) is 0 Å². The molecule has 2 aromatic rings. The van der Waals surface area contributed by atoms with E-state index in [1.807, 2.05) is 48.5 Å². The van der Waals surface area contributed by atoms with E-state index in [9.17, 15) is 9.90 Å². The molecule has 0 aliphatic carbocycles. The van der Waals surface area contributed by atoms with E-state index >= 15 is 0 Å². The van der Waals surface area contributed by atoms with Crippen LogP contribution in [0.3, 0.4) is 0 Å². The number of ether oxygens (including phenoxy) is 1. The van der Waals surface area contributed by atoms with E-state index in [-0.39, 0.29) is 12.6 Å². The van der Waals surface area contributed by atoms with Crippen molar-refractivity contribution >= 4 is 6.03 Å². The number of amides is 2. The smallest absolute Gasteiger partial charge is 0.315 e. The van der Waals surface area contributed by atoms with Crippen molar-refractivity contribution in [2.45, 2.75) is 19.7 Å². The average molecular weight is 300 g/mol. The van der Waals surface area contributed by atoms with Gasteiger partial charge >= 0.3 is 6.03 Å². The van der Waals surface area contributed by atoms with Gasteiger partial charge in [0, 0.05) is 18.7 Å². The molecule has 2 rings (SSSR count). The molecule has 0 spiro atoms. The number of aliphatic hydroxyl groups is 1. The number of hydrogen-bond acceptors (Lipinski definition) is 3. The summed E-state index contributed by atoms with van der Waals surface area (Å²) in [6, 6.07) is 14.7. The molecule has 0 fully saturated rings. The molecule has 0 atom stereocenters. The van der Waals surface area contributed by atoms with Gasteiger partial charge in [-0.3, -0.25) is 0 Å². The van der Waals surface area contributed by atoms with E-state index in [2.05, 4.69) is 10.6 Å². The Morgan fingerprint density at radius 3 is 2.14 bits per heavy atom. The lowest BCUT2D eigenvalue weighted by Crippen LogP contribution is -2.34. The van der Waals surface area contributed by atoms with Gasteiger partial charge < -0.3 is 20.5 Å². The Kier molecular flexibility index (Phi) is 5.80. The summed E-state index contributed by atoms with van der Waals surface area (Å²) in [5.74, 6) is 0.744. The van der Waals surface area contributed by atoms with Crippen LogP contribution in [0.2, 0.25) is 0 Å². The quantitative estimate of drug-likeness (QED) is 0.766. The topological polar surface area (TPSA) is 70.6 Å². The van der Waals surface area contributed by atoms with E-state index in [4.69, 9.17) is 4.74 Å². The van der Waals surface area contributed by atoms with Crippen molar-refractivity contribution in [2.24, 2.45) is 0 Å². The van der Waals surface area contributed by atoms with Crippen LogP contribution in [0.5, 0.6) is 5.75 Å². The summed E-state index contributed by atoms with van der Waals surface area (Å²) in [5.41, 5.74) is 2.63. The molecule has 2 amide bonds. The zero-order valence-electron chi connectivity index (χ0n) is 12.5. The summed E-state index contributed by atoms with van der Waals surface area (Å²) in [6.45, 7) is 0.715. The SMILES string of the molecule is COc1ccccc1CNC(=O)NCc1ccccc1CO. The van der Waals surface area contributed by atoms with Crippen LogP contribution in [0.1, 0.15) is 16.7 Å². The van der Waals surface area contributed by atoms with E-state index in [0.717, 1.165) is 22.4 Å². The molecule has 22 heavy (non-hydrogen) atoms. The molecule has 0 aliphatic heterocycles. The minimum absolute atomic E-state index is 0.0410. The van der Waals surface area contributed by atoms with Gasteiger partial charge in [-0.15, -0.1) is 0 Å². The highest BCUT2D eigenvalue weighted by Crippen LogP contribution is 2.16. The van der Waals surface area contributed by atoms with Crippen LogP contribution < -0.4 is 15.4 Å². The van der Waals surface area contributed by atoms with Gasteiger partial charge in [0.1, 0.15) is 5.75 Å². The number of carbonyl (C=O) groups is 1. The monoisotopic (exact) mass is 300 g/mol. The summed E-state index contributed by atoms with van der Waals surface area (Å²) in [7, 11) is 1.60. The van der Waals surface area contributed by atoms with Crippen LogP contribution in [0, 0.1) is 0 Å². The lowest BCUT2D eigenvalue weighted by molar-refractivity contribution is 0.239. The number of hydrogen-bond donors (Lipinski definition) is 3. The van der Waals surface area contributed by atoms with Gasteiger partial charge in [-0.05, 0) is 17.2 Å². The highest BCUT2D eigenvalue weighted by molar-refractivity contribution is 5.74. The summed E-state index contributed by atoms with van der Waals surface area (Å²) in [4.78, 5) is 11.9. The third-order valence-electron chi connectivity index (χ3n) is 3.36. The molecule has 3 N–H and O–H groups in total. The minimum atomic E-state index is -0.265. The molecular weight excluding hydrogens is 280 g/mol. The molecule has 0 saturated carbocycles. The molecule has 5 nitrogen and oxygen atoms in total. The largest absolute Gasteiger partial charge is 0.496 e. The molecule has 0 aliphatic rings. The van der Waals surface area contributed by atoms with Crippen LogP contribution in [0.25, 0.3) is 0 Å². The Bertz CT molecular complexity index is 575. The maximum absolute atomic E-state index is 11.9.